The Morgan fingerprint density at radius 3 is 2.80 bits per heavy atom. The number of nitrogens with zero attached hydrogens (tertiary/aromatic N) is 2. The fourth-order valence-corrected chi connectivity index (χ4v) is 5.53. The predicted octanol–water partition coefficient (Wildman–Crippen LogP) is 2.25. The summed E-state index contributed by atoms with van der Waals surface area (Å²) < 4.78 is 27.9. The highest BCUT2D eigenvalue weighted by atomic mass is 19.2. The molecule has 1 aromatic rings. The quantitative estimate of drug-likeness (QED) is 0.516. The number of amides is 3. The van der Waals surface area contributed by atoms with Crippen LogP contribution in [0.4, 0.5) is 13.6 Å². The molecule has 4 aliphatic heterocycles. The molecule has 0 aromatic heterocycles. The molecule has 0 aliphatic carbocycles. The molecule has 1 fully saturated rings. The number of hydrogen-bond acceptors (Lipinski definition) is 5. The van der Waals surface area contributed by atoms with E-state index in [-0.39, 0.29) is 41.8 Å². The smallest absolute Gasteiger partial charge is 0.317 e. The Labute approximate surface area is 202 Å². The highest BCUT2D eigenvalue weighted by molar-refractivity contribution is 5.93. The Morgan fingerprint density at radius 2 is 2.03 bits per heavy atom. The number of carbonyl (C=O) groups is 2. The largest absolute Gasteiger partial charge is 0.386 e. The number of dihydropyridines is 1. The molecule has 0 radical (unpaired) electrons. The zero-order valence-electron chi connectivity index (χ0n) is 19.6. The van der Waals surface area contributed by atoms with Crippen LogP contribution in [-0.4, -0.2) is 54.4 Å². The number of allylic oxidation sites excluding steroid dienone is 1. The number of fused-ring (bicyclic) bond motifs is 1. The number of carbonyl (C=O) groups excluding carboxylic acids is 2. The number of halogens is 2. The lowest BCUT2D eigenvalue weighted by Crippen LogP contribution is -2.54. The minimum Gasteiger partial charge on any atom is -0.386 e. The third-order valence-electron chi connectivity index (χ3n) is 7.66. The lowest BCUT2D eigenvalue weighted by atomic mass is 9.72. The number of aliphatic imine (C=N–C) groups is 1. The van der Waals surface area contributed by atoms with Crippen LogP contribution in [0.15, 0.2) is 46.7 Å². The van der Waals surface area contributed by atoms with Gasteiger partial charge in [0.05, 0.1) is 11.5 Å². The average molecular weight is 485 g/mol. The Hall–Kier alpha value is -3.43. The second-order valence-electron chi connectivity index (χ2n) is 9.79. The number of amidine groups is 1. The van der Waals surface area contributed by atoms with Crippen LogP contribution in [0.3, 0.4) is 0 Å². The number of urea groups is 1. The highest BCUT2D eigenvalue weighted by Crippen LogP contribution is 2.45. The van der Waals surface area contributed by atoms with Gasteiger partial charge < -0.3 is 26.6 Å². The van der Waals surface area contributed by atoms with Crippen molar-refractivity contribution in [1.29, 1.82) is 0 Å². The van der Waals surface area contributed by atoms with Gasteiger partial charge in [-0.2, -0.15) is 0 Å². The van der Waals surface area contributed by atoms with Gasteiger partial charge in [0.1, 0.15) is 11.7 Å². The van der Waals surface area contributed by atoms with Crippen molar-refractivity contribution in [3.63, 3.8) is 0 Å². The maximum absolute atomic E-state index is 14.3. The molecule has 35 heavy (non-hydrogen) atoms. The van der Waals surface area contributed by atoms with Crippen LogP contribution in [0, 0.1) is 17.0 Å². The van der Waals surface area contributed by atoms with Gasteiger partial charge >= 0.3 is 6.03 Å². The van der Waals surface area contributed by atoms with Gasteiger partial charge in [0.15, 0.2) is 11.6 Å². The monoisotopic (exact) mass is 484 g/mol. The SMILES string of the molecule is CC1C=CC2=C(NC(=O)C23CCN(C(=O)N[C@@H]2CC[C@@H](c4cccc(F)c4F)CN=C2N)CC3)N1. The van der Waals surface area contributed by atoms with Crippen molar-refractivity contribution in [2.45, 2.75) is 50.6 Å². The molecule has 1 spiro atoms. The highest BCUT2D eigenvalue weighted by Gasteiger charge is 2.50. The molecular weight excluding hydrogens is 454 g/mol. The number of rotatable bonds is 2. The maximum Gasteiger partial charge on any atom is 0.317 e. The molecule has 5 rings (SSSR count). The summed E-state index contributed by atoms with van der Waals surface area (Å²) in [5, 5.41) is 9.22. The van der Waals surface area contributed by atoms with Crippen molar-refractivity contribution in [2.75, 3.05) is 19.6 Å². The number of benzene rings is 1. The first-order valence-electron chi connectivity index (χ1n) is 12.1. The van der Waals surface area contributed by atoms with Gasteiger partial charge in [0, 0.05) is 37.2 Å². The Bertz CT molecular complexity index is 1140. The summed E-state index contributed by atoms with van der Waals surface area (Å²) in [7, 11) is 0. The van der Waals surface area contributed by atoms with Crippen molar-refractivity contribution in [2.24, 2.45) is 16.1 Å². The van der Waals surface area contributed by atoms with E-state index in [1.165, 1.54) is 6.07 Å². The standard InChI is InChI=1S/C25H30F2N6O2/c1-14-5-7-17-22(30-14)32-23(34)25(17)9-11-33(12-10-25)24(35)31-19-8-6-15(13-29-21(19)28)16-3-2-4-18(26)20(16)27/h2-5,7,14-15,19,30H,6,8-13H2,1H3,(H2,28,29)(H,31,35)(H,32,34)/t14?,15-,19-/m1/s1. The zero-order chi connectivity index (χ0) is 24.7. The van der Waals surface area contributed by atoms with Crippen LogP contribution in [0.1, 0.15) is 44.1 Å². The molecule has 1 aromatic carbocycles. The number of piperidine rings is 1. The molecule has 3 atom stereocenters. The van der Waals surface area contributed by atoms with Gasteiger partial charge in [-0.25, -0.2) is 13.6 Å². The average Bonchev–Trinajstić information content (AvgIpc) is 2.96. The van der Waals surface area contributed by atoms with Crippen molar-refractivity contribution in [1.82, 2.24) is 20.9 Å². The third kappa shape index (κ3) is 4.15. The van der Waals surface area contributed by atoms with Crippen LogP contribution in [0.25, 0.3) is 0 Å². The van der Waals surface area contributed by atoms with Crippen molar-refractivity contribution in [3.05, 3.63) is 58.9 Å². The normalized spacial score (nSPS) is 27.6. The van der Waals surface area contributed by atoms with Gasteiger partial charge in [-0.15, -0.1) is 0 Å². The Balaban J connectivity index is 1.21. The molecule has 3 amide bonds. The van der Waals surface area contributed by atoms with Crippen LogP contribution >= 0.6 is 0 Å². The minimum atomic E-state index is -0.885. The van der Waals surface area contributed by atoms with Crippen LogP contribution in [0.5, 0.6) is 0 Å². The van der Waals surface area contributed by atoms with Gasteiger partial charge in [-0.1, -0.05) is 24.3 Å². The molecule has 4 aliphatic rings. The second-order valence-corrected chi connectivity index (χ2v) is 9.79. The van der Waals surface area contributed by atoms with E-state index in [1.54, 1.807) is 11.0 Å². The summed E-state index contributed by atoms with van der Waals surface area (Å²) in [5.41, 5.74) is 6.76. The number of nitrogens with two attached hydrogens (primary N) is 1. The minimum absolute atomic E-state index is 0.0235. The molecule has 8 nitrogen and oxygen atoms in total. The maximum atomic E-state index is 14.3. The van der Waals surface area contributed by atoms with E-state index >= 15 is 0 Å². The molecule has 0 saturated carbocycles. The molecule has 10 heteroatoms. The summed E-state index contributed by atoms with van der Waals surface area (Å²) in [5.74, 6) is -1.03. The number of hydrogen-bond donors (Lipinski definition) is 4. The second kappa shape index (κ2) is 8.98. The molecule has 1 saturated heterocycles. The Kier molecular flexibility index (Phi) is 5.98. The van der Waals surface area contributed by atoms with E-state index in [0.29, 0.717) is 38.8 Å². The fraction of sp³-hybridized carbons (Fsp3) is 0.480. The van der Waals surface area contributed by atoms with E-state index in [0.717, 1.165) is 17.5 Å². The molecule has 1 unspecified atom stereocenters. The predicted molar refractivity (Wildman–Crippen MR) is 127 cm³/mol. The first-order chi connectivity index (χ1) is 16.8. The molecule has 5 N–H and O–H groups in total. The first kappa shape index (κ1) is 23.3. The molecule has 186 valence electrons. The summed E-state index contributed by atoms with van der Waals surface area (Å²) >= 11 is 0. The third-order valence-corrected chi connectivity index (χ3v) is 7.66. The molecule has 0 bridgehead atoms. The van der Waals surface area contributed by atoms with Crippen LogP contribution in [-0.2, 0) is 4.79 Å². The van der Waals surface area contributed by atoms with Crippen molar-refractivity contribution < 1.29 is 18.4 Å². The molecule has 4 heterocycles. The van der Waals surface area contributed by atoms with Crippen molar-refractivity contribution >= 4 is 17.8 Å². The van der Waals surface area contributed by atoms with E-state index in [1.807, 2.05) is 19.1 Å². The van der Waals surface area contributed by atoms with E-state index in [2.05, 4.69) is 20.9 Å². The van der Waals surface area contributed by atoms with Crippen LogP contribution in [0.2, 0.25) is 0 Å². The summed E-state index contributed by atoms with van der Waals surface area (Å²) in [6.07, 6.45) is 6.09. The van der Waals surface area contributed by atoms with E-state index in [9.17, 15) is 18.4 Å². The van der Waals surface area contributed by atoms with Crippen molar-refractivity contribution in [3.8, 4) is 0 Å². The van der Waals surface area contributed by atoms with Crippen LogP contribution < -0.4 is 21.7 Å². The fourth-order valence-electron chi connectivity index (χ4n) is 5.53. The van der Waals surface area contributed by atoms with Gasteiger partial charge in [-0.3, -0.25) is 9.79 Å². The van der Waals surface area contributed by atoms with Gasteiger partial charge in [-0.05, 0) is 44.2 Å². The summed E-state index contributed by atoms with van der Waals surface area (Å²) in [6, 6.07) is 3.53. The summed E-state index contributed by atoms with van der Waals surface area (Å²) in [6.45, 7) is 3.11. The Morgan fingerprint density at radius 1 is 1.26 bits per heavy atom. The lowest BCUT2D eigenvalue weighted by Gasteiger charge is -2.39. The number of likely N-dealkylation sites (tertiary alicyclic amines) is 1. The van der Waals surface area contributed by atoms with E-state index in [4.69, 9.17) is 5.73 Å². The summed E-state index contributed by atoms with van der Waals surface area (Å²) in [4.78, 5) is 31.9. The zero-order valence-corrected chi connectivity index (χ0v) is 19.6. The molecular formula is C25H30F2N6O2. The van der Waals surface area contributed by atoms with Gasteiger partial charge in [0.25, 0.3) is 0 Å². The topological polar surface area (TPSA) is 112 Å². The lowest BCUT2D eigenvalue weighted by molar-refractivity contribution is -0.128. The van der Waals surface area contributed by atoms with E-state index < -0.39 is 23.1 Å². The first-order valence-corrected chi connectivity index (χ1v) is 12.1. The van der Waals surface area contributed by atoms with Gasteiger partial charge in [0.2, 0.25) is 5.91 Å². The number of nitrogens with one attached hydrogen (secondary N) is 3.